The number of anilines is 1. The van der Waals surface area contributed by atoms with E-state index in [9.17, 15) is 9.90 Å². The lowest BCUT2D eigenvalue weighted by Gasteiger charge is -2.18. The number of hydrogen-bond acceptors (Lipinski definition) is 2. The zero-order valence-corrected chi connectivity index (χ0v) is 9.84. The quantitative estimate of drug-likeness (QED) is 0.874. The Morgan fingerprint density at radius 2 is 1.83 bits per heavy atom. The molecule has 3 heteroatoms. The molecule has 2 aromatic rings. The van der Waals surface area contributed by atoms with Gasteiger partial charge in [0.25, 0.3) is 0 Å². The highest BCUT2D eigenvalue weighted by Crippen LogP contribution is 2.37. The molecule has 1 N–H and O–H groups in total. The van der Waals surface area contributed by atoms with Crippen LogP contribution in [0.15, 0.2) is 48.5 Å². The number of hydrogen-bond donors (Lipinski definition) is 1. The zero-order valence-electron chi connectivity index (χ0n) is 9.84. The molecule has 0 radical (unpaired) electrons. The zero-order chi connectivity index (χ0) is 12.5. The van der Waals surface area contributed by atoms with Crippen molar-refractivity contribution in [2.75, 3.05) is 4.90 Å². The van der Waals surface area contributed by atoms with E-state index in [2.05, 4.69) is 0 Å². The Balaban J connectivity index is 1.97. The Labute approximate surface area is 105 Å². The van der Waals surface area contributed by atoms with Gasteiger partial charge in [0.1, 0.15) is 5.75 Å². The summed E-state index contributed by atoms with van der Waals surface area (Å²) in [5, 5.41) is 9.90. The molecular formula is C15H13NO2. The van der Waals surface area contributed by atoms with Crippen molar-refractivity contribution in [2.45, 2.75) is 13.0 Å². The van der Waals surface area contributed by atoms with Gasteiger partial charge in [0.2, 0.25) is 5.91 Å². The summed E-state index contributed by atoms with van der Waals surface area (Å²) in [6, 6.07) is 15.1. The molecular weight excluding hydrogens is 226 g/mol. The van der Waals surface area contributed by atoms with Gasteiger partial charge in [0.15, 0.2) is 0 Å². The van der Waals surface area contributed by atoms with Crippen LogP contribution in [-0.4, -0.2) is 11.0 Å². The number of amides is 1. The molecule has 0 spiro atoms. The minimum atomic E-state index is 0.0374. The predicted molar refractivity (Wildman–Crippen MR) is 69.4 cm³/mol. The Kier molecular flexibility index (Phi) is 2.52. The lowest BCUT2D eigenvalue weighted by molar-refractivity contribution is -0.117. The fourth-order valence-electron chi connectivity index (χ4n) is 2.35. The van der Waals surface area contributed by atoms with Gasteiger partial charge in [-0.1, -0.05) is 42.5 Å². The van der Waals surface area contributed by atoms with E-state index >= 15 is 0 Å². The molecule has 0 aromatic heterocycles. The van der Waals surface area contributed by atoms with Crippen molar-refractivity contribution in [1.82, 2.24) is 0 Å². The van der Waals surface area contributed by atoms with Gasteiger partial charge in [0, 0.05) is 0 Å². The Bertz CT molecular complexity index is 593. The summed E-state index contributed by atoms with van der Waals surface area (Å²) >= 11 is 0. The van der Waals surface area contributed by atoms with Crippen LogP contribution in [0.25, 0.3) is 0 Å². The number of nitrogens with zero attached hydrogens (tertiary/aromatic N) is 1. The Morgan fingerprint density at radius 3 is 2.61 bits per heavy atom. The number of carbonyl (C=O) groups is 1. The van der Waals surface area contributed by atoms with E-state index in [0.29, 0.717) is 18.7 Å². The molecule has 0 aliphatic carbocycles. The molecule has 1 aliphatic rings. The summed E-state index contributed by atoms with van der Waals surface area (Å²) in [4.78, 5) is 13.7. The van der Waals surface area contributed by atoms with Crippen molar-refractivity contribution in [3.8, 4) is 5.75 Å². The minimum absolute atomic E-state index is 0.0374. The highest BCUT2D eigenvalue weighted by Gasteiger charge is 2.29. The first kappa shape index (κ1) is 10.8. The lowest BCUT2D eigenvalue weighted by atomic mass is 10.1. The van der Waals surface area contributed by atoms with Gasteiger partial charge in [-0.15, -0.1) is 0 Å². The molecule has 0 saturated heterocycles. The normalized spacial score (nSPS) is 13.8. The second kappa shape index (κ2) is 4.18. The van der Waals surface area contributed by atoms with Crippen LogP contribution in [-0.2, 0) is 17.8 Å². The van der Waals surface area contributed by atoms with Gasteiger partial charge in [0.05, 0.1) is 18.7 Å². The highest BCUT2D eigenvalue weighted by atomic mass is 16.3. The number of aromatic hydroxyl groups is 1. The fraction of sp³-hybridized carbons (Fsp3) is 0.133. The van der Waals surface area contributed by atoms with Crippen LogP contribution in [0, 0.1) is 0 Å². The monoisotopic (exact) mass is 239 g/mol. The maximum absolute atomic E-state index is 12.0. The summed E-state index contributed by atoms with van der Waals surface area (Å²) in [6.45, 7) is 0.504. The minimum Gasteiger partial charge on any atom is -0.506 e. The highest BCUT2D eigenvalue weighted by molar-refractivity contribution is 6.02. The maximum atomic E-state index is 12.0. The second-order valence-corrected chi connectivity index (χ2v) is 4.43. The Hall–Kier alpha value is -2.29. The largest absolute Gasteiger partial charge is 0.506 e. The van der Waals surface area contributed by atoms with Crippen LogP contribution < -0.4 is 4.90 Å². The predicted octanol–water partition coefficient (Wildman–Crippen LogP) is 2.48. The van der Waals surface area contributed by atoms with E-state index < -0.39 is 0 Å². The molecule has 1 heterocycles. The van der Waals surface area contributed by atoms with E-state index in [1.807, 2.05) is 36.4 Å². The standard InChI is InChI=1S/C15H13NO2/c17-13-8-4-7-12-9-14(18)16(15(12)13)10-11-5-2-1-3-6-11/h1-8,17H,9-10H2. The molecule has 90 valence electrons. The van der Waals surface area contributed by atoms with E-state index in [1.54, 1.807) is 17.0 Å². The third kappa shape index (κ3) is 1.74. The summed E-state index contributed by atoms with van der Waals surface area (Å²) in [7, 11) is 0. The number of phenols is 1. The van der Waals surface area contributed by atoms with Crippen molar-refractivity contribution in [3.05, 3.63) is 59.7 Å². The second-order valence-electron chi connectivity index (χ2n) is 4.43. The number of benzene rings is 2. The number of rotatable bonds is 2. The molecule has 0 fully saturated rings. The molecule has 3 nitrogen and oxygen atoms in total. The van der Waals surface area contributed by atoms with E-state index in [4.69, 9.17) is 0 Å². The van der Waals surface area contributed by atoms with Gasteiger partial charge >= 0.3 is 0 Å². The molecule has 1 amide bonds. The SMILES string of the molecule is O=C1Cc2cccc(O)c2N1Cc1ccccc1. The van der Waals surface area contributed by atoms with Gasteiger partial charge < -0.3 is 10.0 Å². The summed E-state index contributed by atoms with van der Waals surface area (Å²) in [5.74, 6) is 0.213. The third-order valence-corrected chi connectivity index (χ3v) is 3.19. The van der Waals surface area contributed by atoms with Gasteiger partial charge in [-0.2, -0.15) is 0 Å². The molecule has 0 saturated carbocycles. The first-order chi connectivity index (χ1) is 8.75. The van der Waals surface area contributed by atoms with Gasteiger partial charge in [-0.3, -0.25) is 4.79 Å². The number of phenolic OH excluding ortho intramolecular Hbond substituents is 1. The summed E-state index contributed by atoms with van der Waals surface area (Å²) < 4.78 is 0. The molecule has 0 unspecified atom stereocenters. The van der Waals surface area contributed by atoms with Crippen molar-refractivity contribution in [1.29, 1.82) is 0 Å². The van der Waals surface area contributed by atoms with Crippen molar-refractivity contribution < 1.29 is 9.90 Å². The first-order valence-electron chi connectivity index (χ1n) is 5.91. The topological polar surface area (TPSA) is 40.5 Å². The lowest BCUT2D eigenvalue weighted by Crippen LogP contribution is -2.26. The number of fused-ring (bicyclic) bond motifs is 1. The molecule has 18 heavy (non-hydrogen) atoms. The summed E-state index contributed by atoms with van der Waals surface area (Å²) in [5.41, 5.74) is 2.62. The maximum Gasteiger partial charge on any atom is 0.231 e. The average molecular weight is 239 g/mol. The van der Waals surface area contributed by atoms with E-state index in [1.165, 1.54) is 0 Å². The smallest absolute Gasteiger partial charge is 0.231 e. The van der Waals surface area contributed by atoms with Crippen molar-refractivity contribution >= 4 is 11.6 Å². The number of para-hydroxylation sites is 1. The van der Waals surface area contributed by atoms with Crippen LogP contribution in [0.2, 0.25) is 0 Å². The molecule has 1 aliphatic heterocycles. The third-order valence-electron chi connectivity index (χ3n) is 3.19. The van der Waals surface area contributed by atoms with E-state index in [0.717, 1.165) is 11.1 Å². The van der Waals surface area contributed by atoms with Gasteiger partial charge in [-0.25, -0.2) is 0 Å². The summed E-state index contributed by atoms with van der Waals surface area (Å²) in [6.07, 6.45) is 0.372. The molecule has 2 aromatic carbocycles. The molecule has 0 atom stereocenters. The molecule has 3 rings (SSSR count). The van der Waals surface area contributed by atoms with Crippen LogP contribution in [0.1, 0.15) is 11.1 Å². The van der Waals surface area contributed by atoms with Gasteiger partial charge in [-0.05, 0) is 17.2 Å². The van der Waals surface area contributed by atoms with E-state index in [-0.39, 0.29) is 11.7 Å². The van der Waals surface area contributed by atoms with Crippen LogP contribution in [0.4, 0.5) is 5.69 Å². The van der Waals surface area contributed by atoms with Crippen LogP contribution >= 0.6 is 0 Å². The average Bonchev–Trinajstić information content (AvgIpc) is 2.69. The van der Waals surface area contributed by atoms with Crippen molar-refractivity contribution in [3.63, 3.8) is 0 Å². The fourth-order valence-corrected chi connectivity index (χ4v) is 2.35. The first-order valence-corrected chi connectivity index (χ1v) is 5.91. The number of carbonyl (C=O) groups excluding carboxylic acids is 1. The molecule has 0 bridgehead atoms. The van der Waals surface area contributed by atoms with Crippen LogP contribution in [0.5, 0.6) is 5.75 Å². The Morgan fingerprint density at radius 1 is 1.06 bits per heavy atom. The van der Waals surface area contributed by atoms with Crippen molar-refractivity contribution in [2.24, 2.45) is 0 Å². The van der Waals surface area contributed by atoms with Crippen LogP contribution in [0.3, 0.4) is 0 Å².